The second-order valence-corrected chi connectivity index (χ2v) is 5.08. The zero-order valence-corrected chi connectivity index (χ0v) is 12.9. The number of hydrogen-bond acceptors (Lipinski definition) is 5. The van der Waals surface area contributed by atoms with Crippen LogP contribution < -0.4 is 0 Å². The Kier molecular flexibility index (Phi) is 5.62. The van der Waals surface area contributed by atoms with Gasteiger partial charge in [-0.2, -0.15) is 0 Å². The number of esters is 1. The molecule has 0 heterocycles. The van der Waals surface area contributed by atoms with Crippen molar-refractivity contribution < 1.29 is 34.1 Å². The van der Waals surface area contributed by atoms with E-state index in [1.807, 2.05) is 0 Å². The highest BCUT2D eigenvalue weighted by molar-refractivity contribution is 6.11. The van der Waals surface area contributed by atoms with Crippen LogP contribution in [0.3, 0.4) is 0 Å². The molecule has 25 heavy (non-hydrogen) atoms. The molecule has 2 unspecified atom stereocenters. The van der Waals surface area contributed by atoms with Crippen molar-refractivity contribution >= 4 is 23.7 Å². The Balaban J connectivity index is 2.32. The maximum absolute atomic E-state index is 12.4. The molecule has 0 aromatic heterocycles. The van der Waals surface area contributed by atoms with Crippen LogP contribution in [0.15, 0.2) is 60.7 Å². The Hall–Kier alpha value is -3.48. The normalized spacial score (nSPS) is 12.6. The number of carbonyl (C=O) groups is 4. The van der Waals surface area contributed by atoms with Gasteiger partial charge in [0, 0.05) is 5.56 Å². The first-order valence-corrected chi connectivity index (χ1v) is 7.22. The Morgan fingerprint density at radius 1 is 0.720 bits per heavy atom. The minimum atomic E-state index is -2.15. The van der Waals surface area contributed by atoms with Gasteiger partial charge in [-0.3, -0.25) is 9.59 Å². The lowest BCUT2D eigenvalue weighted by molar-refractivity contribution is -0.157. The molecule has 2 rings (SSSR count). The van der Waals surface area contributed by atoms with Crippen LogP contribution in [0, 0.1) is 5.92 Å². The van der Waals surface area contributed by atoms with E-state index in [0.29, 0.717) is 0 Å². The lowest BCUT2D eigenvalue weighted by atomic mass is 9.92. The summed E-state index contributed by atoms with van der Waals surface area (Å²) in [6.07, 6.45) is -2.15. The average Bonchev–Trinajstić information content (AvgIpc) is 2.62. The first-order chi connectivity index (χ1) is 11.9. The Morgan fingerprint density at radius 3 is 1.64 bits per heavy atom. The molecule has 0 bridgehead atoms. The predicted molar refractivity (Wildman–Crippen MR) is 85.2 cm³/mol. The number of benzene rings is 2. The molecule has 7 heteroatoms. The third-order valence-electron chi connectivity index (χ3n) is 3.40. The molecule has 2 aromatic carbocycles. The Labute approximate surface area is 142 Å². The van der Waals surface area contributed by atoms with Gasteiger partial charge >= 0.3 is 17.9 Å². The van der Waals surface area contributed by atoms with E-state index in [1.165, 1.54) is 48.5 Å². The summed E-state index contributed by atoms with van der Waals surface area (Å²) in [6, 6.07) is 14.8. The van der Waals surface area contributed by atoms with Gasteiger partial charge in [0.1, 0.15) is 0 Å². The lowest BCUT2D eigenvalue weighted by Gasteiger charge is -2.20. The first-order valence-electron chi connectivity index (χ1n) is 7.22. The number of Topliss-reactive ketones (excluding diaryl/α,β-unsaturated/α-hetero) is 1. The van der Waals surface area contributed by atoms with Crippen LogP contribution in [0.5, 0.6) is 0 Å². The van der Waals surface area contributed by atoms with Gasteiger partial charge in [-0.05, 0) is 12.1 Å². The molecular formula is C18H14O7. The number of carboxylic acids is 2. The maximum Gasteiger partial charge on any atom is 0.346 e. The van der Waals surface area contributed by atoms with Crippen molar-refractivity contribution in [2.24, 2.45) is 5.92 Å². The van der Waals surface area contributed by atoms with E-state index in [4.69, 9.17) is 4.74 Å². The van der Waals surface area contributed by atoms with E-state index in [-0.39, 0.29) is 11.1 Å². The molecule has 2 atom stereocenters. The molecular weight excluding hydrogens is 328 g/mol. The fraction of sp³-hybridized carbons (Fsp3) is 0.111. The van der Waals surface area contributed by atoms with Crippen LogP contribution in [0.2, 0.25) is 0 Å². The maximum atomic E-state index is 12.4. The minimum absolute atomic E-state index is 0.0110. The number of rotatable bonds is 7. The zero-order valence-electron chi connectivity index (χ0n) is 12.9. The van der Waals surface area contributed by atoms with Crippen molar-refractivity contribution in [3.05, 3.63) is 71.8 Å². The van der Waals surface area contributed by atoms with Crippen LogP contribution in [-0.4, -0.2) is 40.0 Å². The van der Waals surface area contributed by atoms with Crippen LogP contribution in [0.1, 0.15) is 20.7 Å². The monoisotopic (exact) mass is 342 g/mol. The number of ketones is 1. The van der Waals surface area contributed by atoms with Crippen molar-refractivity contribution in [1.29, 1.82) is 0 Å². The number of aliphatic carboxylic acids is 2. The smallest absolute Gasteiger partial charge is 0.346 e. The third-order valence-corrected chi connectivity index (χ3v) is 3.40. The van der Waals surface area contributed by atoms with Gasteiger partial charge in [0.2, 0.25) is 6.10 Å². The second-order valence-electron chi connectivity index (χ2n) is 5.08. The van der Waals surface area contributed by atoms with Gasteiger partial charge in [-0.25, -0.2) is 9.59 Å². The van der Waals surface area contributed by atoms with E-state index in [9.17, 15) is 29.4 Å². The molecule has 128 valence electrons. The van der Waals surface area contributed by atoms with Crippen molar-refractivity contribution in [2.45, 2.75) is 6.10 Å². The summed E-state index contributed by atoms with van der Waals surface area (Å²) in [4.78, 5) is 47.4. The highest BCUT2D eigenvalue weighted by Gasteiger charge is 2.42. The molecule has 0 fully saturated rings. The van der Waals surface area contributed by atoms with Crippen molar-refractivity contribution in [3.63, 3.8) is 0 Å². The molecule has 0 radical (unpaired) electrons. The van der Waals surface area contributed by atoms with Gasteiger partial charge in [0.25, 0.3) is 0 Å². The first kappa shape index (κ1) is 17.9. The SMILES string of the molecule is O=C(OC(C(=O)O)C(C(=O)O)C(=O)c1ccccc1)c1ccccc1. The summed E-state index contributed by atoms with van der Waals surface area (Å²) in [5, 5.41) is 18.6. The summed E-state index contributed by atoms with van der Waals surface area (Å²) in [6.45, 7) is 0. The molecule has 0 saturated heterocycles. The highest BCUT2D eigenvalue weighted by Crippen LogP contribution is 2.18. The second kappa shape index (κ2) is 7.87. The van der Waals surface area contributed by atoms with Crippen molar-refractivity contribution in [3.8, 4) is 0 Å². The average molecular weight is 342 g/mol. The quantitative estimate of drug-likeness (QED) is 0.448. The summed E-state index contributed by atoms with van der Waals surface area (Å²) >= 11 is 0. The van der Waals surface area contributed by atoms with Gasteiger partial charge in [-0.15, -0.1) is 0 Å². The fourth-order valence-corrected chi connectivity index (χ4v) is 2.18. The van der Waals surface area contributed by atoms with Crippen LogP contribution >= 0.6 is 0 Å². The number of carbonyl (C=O) groups excluding carboxylic acids is 2. The van der Waals surface area contributed by atoms with Gasteiger partial charge < -0.3 is 14.9 Å². The largest absolute Gasteiger partial charge is 0.481 e. The Bertz CT molecular complexity index is 784. The fourth-order valence-electron chi connectivity index (χ4n) is 2.18. The highest BCUT2D eigenvalue weighted by atomic mass is 16.6. The standard InChI is InChI=1S/C18H14O7/c19-14(11-7-3-1-4-8-11)13(16(20)21)15(17(22)23)25-18(24)12-9-5-2-6-10-12/h1-10,13,15H,(H,20,21)(H,22,23). The third kappa shape index (κ3) is 4.29. The van der Waals surface area contributed by atoms with Gasteiger partial charge in [0.05, 0.1) is 5.56 Å². The molecule has 0 amide bonds. The molecule has 0 aliphatic heterocycles. The molecule has 2 N–H and O–H groups in total. The van der Waals surface area contributed by atoms with E-state index in [0.717, 1.165) is 0 Å². The molecule has 7 nitrogen and oxygen atoms in total. The summed E-state index contributed by atoms with van der Waals surface area (Å²) in [7, 11) is 0. The summed E-state index contributed by atoms with van der Waals surface area (Å²) in [5.74, 6) is -7.46. The van der Waals surface area contributed by atoms with E-state index in [2.05, 4.69) is 0 Å². The molecule has 2 aromatic rings. The molecule has 0 spiro atoms. The molecule has 0 saturated carbocycles. The molecule has 0 aliphatic carbocycles. The Morgan fingerprint density at radius 2 is 1.20 bits per heavy atom. The topological polar surface area (TPSA) is 118 Å². The molecule has 0 aliphatic rings. The van der Waals surface area contributed by atoms with Crippen molar-refractivity contribution in [2.75, 3.05) is 0 Å². The predicted octanol–water partition coefficient (Wildman–Crippen LogP) is 1.88. The van der Waals surface area contributed by atoms with Crippen LogP contribution in [0.4, 0.5) is 0 Å². The number of carboxylic acid groups (broad SMARTS) is 2. The van der Waals surface area contributed by atoms with Crippen molar-refractivity contribution in [1.82, 2.24) is 0 Å². The zero-order chi connectivity index (χ0) is 18.4. The van der Waals surface area contributed by atoms with E-state index < -0.39 is 35.7 Å². The lowest BCUT2D eigenvalue weighted by Crippen LogP contribution is -2.43. The van der Waals surface area contributed by atoms with Gasteiger partial charge in [0.15, 0.2) is 11.7 Å². The van der Waals surface area contributed by atoms with E-state index >= 15 is 0 Å². The number of ether oxygens (including phenoxy) is 1. The minimum Gasteiger partial charge on any atom is -0.481 e. The summed E-state index contributed by atoms with van der Waals surface area (Å²) < 4.78 is 4.82. The van der Waals surface area contributed by atoms with E-state index in [1.54, 1.807) is 12.1 Å². The van der Waals surface area contributed by atoms with Gasteiger partial charge in [-0.1, -0.05) is 48.5 Å². The van der Waals surface area contributed by atoms with Crippen LogP contribution in [0.25, 0.3) is 0 Å². The summed E-state index contributed by atoms with van der Waals surface area (Å²) in [5.41, 5.74) is 0.0574. The number of hydrogen-bond donors (Lipinski definition) is 2. The van der Waals surface area contributed by atoms with Crippen LogP contribution in [-0.2, 0) is 14.3 Å².